The van der Waals surface area contributed by atoms with Crippen molar-refractivity contribution in [2.45, 2.75) is 27.2 Å². The monoisotopic (exact) mass is 359 g/mol. The number of aryl methyl sites for hydroxylation is 1. The van der Waals surface area contributed by atoms with Gasteiger partial charge in [-0.2, -0.15) is 0 Å². The van der Waals surface area contributed by atoms with Gasteiger partial charge >= 0.3 is 5.97 Å². The second kappa shape index (κ2) is 8.03. The lowest BCUT2D eigenvalue weighted by Gasteiger charge is -2.24. The summed E-state index contributed by atoms with van der Waals surface area (Å²) in [5.74, 6) is -1.04. The van der Waals surface area contributed by atoms with Crippen molar-refractivity contribution >= 4 is 28.5 Å². The van der Waals surface area contributed by atoms with Crippen LogP contribution in [0.25, 0.3) is 10.9 Å². The van der Waals surface area contributed by atoms with Crippen molar-refractivity contribution in [1.29, 1.82) is 0 Å². The van der Waals surface area contributed by atoms with Gasteiger partial charge in [0, 0.05) is 37.3 Å². The molecule has 1 aromatic heterocycles. The molecule has 7 nitrogen and oxygen atoms in total. The molecule has 0 saturated heterocycles. The zero-order valence-electron chi connectivity index (χ0n) is 15.7. The van der Waals surface area contributed by atoms with Crippen LogP contribution >= 0.6 is 0 Å². The number of ether oxygens (including phenoxy) is 1. The first kappa shape index (κ1) is 19.5. The smallest absolute Gasteiger partial charge is 0.302 e. The van der Waals surface area contributed by atoms with Crippen molar-refractivity contribution < 1.29 is 14.3 Å². The number of esters is 1. The summed E-state index contributed by atoms with van der Waals surface area (Å²) >= 11 is 0. The SMILES string of the molecule is CCc1c(C(N)=O)c(=O)c2cc(N(CC)CCOC(C)=O)ccc2n1C. The number of fused-ring (bicyclic) bond motifs is 1. The van der Waals surface area contributed by atoms with Gasteiger partial charge in [-0.3, -0.25) is 14.4 Å². The van der Waals surface area contributed by atoms with E-state index in [1.807, 2.05) is 42.5 Å². The largest absolute Gasteiger partial charge is 0.464 e. The third-order valence-electron chi connectivity index (χ3n) is 4.50. The lowest BCUT2D eigenvalue weighted by Crippen LogP contribution is -2.29. The number of carbonyl (C=O) groups excluding carboxylic acids is 2. The number of anilines is 1. The van der Waals surface area contributed by atoms with Crippen molar-refractivity contribution in [3.63, 3.8) is 0 Å². The molecule has 140 valence electrons. The maximum absolute atomic E-state index is 12.9. The average molecular weight is 359 g/mol. The third-order valence-corrected chi connectivity index (χ3v) is 4.50. The Morgan fingerprint density at radius 2 is 1.96 bits per heavy atom. The maximum Gasteiger partial charge on any atom is 0.302 e. The number of benzene rings is 1. The summed E-state index contributed by atoms with van der Waals surface area (Å²) in [7, 11) is 1.82. The Morgan fingerprint density at radius 1 is 1.27 bits per heavy atom. The van der Waals surface area contributed by atoms with Crippen LogP contribution in [0.1, 0.15) is 36.8 Å². The quantitative estimate of drug-likeness (QED) is 0.758. The highest BCUT2D eigenvalue weighted by atomic mass is 16.5. The molecule has 2 N–H and O–H groups in total. The first-order valence-corrected chi connectivity index (χ1v) is 8.65. The summed E-state index contributed by atoms with van der Waals surface area (Å²) in [5.41, 5.74) is 7.35. The molecule has 0 bridgehead atoms. The molecule has 0 radical (unpaired) electrons. The van der Waals surface area contributed by atoms with E-state index < -0.39 is 5.91 Å². The molecule has 26 heavy (non-hydrogen) atoms. The number of nitrogens with zero attached hydrogens (tertiary/aromatic N) is 2. The van der Waals surface area contributed by atoms with Crippen molar-refractivity contribution in [2.24, 2.45) is 12.8 Å². The molecule has 0 atom stereocenters. The van der Waals surface area contributed by atoms with Crippen LogP contribution in [-0.2, 0) is 23.0 Å². The summed E-state index contributed by atoms with van der Waals surface area (Å²) in [4.78, 5) is 37.6. The molecule has 0 unspecified atom stereocenters. The van der Waals surface area contributed by atoms with Crippen LogP contribution in [-0.4, -0.2) is 36.1 Å². The highest BCUT2D eigenvalue weighted by Crippen LogP contribution is 2.22. The van der Waals surface area contributed by atoms with Crippen LogP contribution in [0.3, 0.4) is 0 Å². The summed E-state index contributed by atoms with van der Waals surface area (Å²) in [6.07, 6.45) is 0.533. The molecule has 0 aliphatic rings. The minimum absolute atomic E-state index is 0.0441. The molecular formula is C19H25N3O4. The number of likely N-dealkylation sites (N-methyl/N-ethyl adjacent to an activating group) is 1. The van der Waals surface area contributed by atoms with E-state index in [4.69, 9.17) is 10.5 Å². The zero-order chi connectivity index (χ0) is 19.4. The van der Waals surface area contributed by atoms with E-state index in [0.29, 0.717) is 30.6 Å². The van der Waals surface area contributed by atoms with E-state index in [0.717, 1.165) is 11.2 Å². The normalized spacial score (nSPS) is 10.8. The molecule has 2 aromatic rings. The van der Waals surface area contributed by atoms with Crippen molar-refractivity contribution in [2.75, 3.05) is 24.6 Å². The van der Waals surface area contributed by atoms with Crippen LogP contribution < -0.4 is 16.1 Å². The fourth-order valence-electron chi connectivity index (χ4n) is 3.21. The van der Waals surface area contributed by atoms with E-state index in [1.54, 1.807) is 6.07 Å². The Kier molecular flexibility index (Phi) is 6.02. The number of pyridine rings is 1. The first-order chi connectivity index (χ1) is 12.3. The molecule has 1 amide bonds. The summed E-state index contributed by atoms with van der Waals surface area (Å²) in [6.45, 7) is 6.69. The second-order valence-corrected chi connectivity index (χ2v) is 6.05. The highest BCUT2D eigenvalue weighted by molar-refractivity contribution is 5.98. The van der Waals surface area contributed by atoms with Gasteiger partial charge in [0.25, 0.3) is 5.91 Å². The summed E-state index contributed by atoms with van der Waals surface area (Å²) in [6, 6.07) is 5.55. The number of rotatable bonds is 7. The van der Waals surface area contributed by atoms with Crippen molar-refractivity contribution in [3.05, 3.63) is 39.7 Å². The minimum atomic E-state index is -0.711. The fourth-order valence-corrected chi connectivity index (χ4v) is 3.21. The number of hydrogen-bond donors (Lipinski definition) is 1. The van der Waals surface area contributed by atoms with Gasteiger partial charge in [0.2, 0.25) is 5.43 Å². The Hall–Kier alpha value is -2.83. The zero-order valence-corrected chi connectivity index (χ0v) is 15.7. The number of hydrogen-bond acceptors (Lipinski definition) is 5. The highest BCUT2D eigenvalue weighted by Gasteiger charge is 2.19. The van der Waals surface area contributed by atoms with Crippen molar-refractivity contribution in [1.82, 2.24) is 4.57 Å². The third kappa shape index (κ3) is 3.71. The molecule has 2 rings (SSSR count). The van der Waals surface area contributed by atoms with E-state index >= 15 is 0 Å². The van der Waals surface area contributed by atoms with Crippen LogP contribution in [0.4, 0.5) is 5.69 Å². The standard InChI is InChI=1S/C19H25N3O4/c1-5-15-17(19(20)25)18(24)14-11-13(7-8-16(14)21(15)4)22(6-2)9-10-26-12(3)23/h7-8,11H,5-6,9-10H2,1-4H3,(H2,20,25). The predicted octanol–water partition coefficient (Wildman–Crippen LogP) is 1.59. The molecule has 0 aliphatic carbocycles. The van der Waals surface area contributed by atoms with E-state index in [9.17, 15) is 14.4 Å². The van der Waals surface area contributed by atoms with Crippen LogP contribution in [0.15, 0.2) is 23.0 Å². The predicted molar refractivity (Wildman–Crippen MR) is 102 cm³/mol. The molecular weight excluding hydrogens is 334 g/mol. The van der Waals surface area contributed by atoms with E-state index in [-0.39, 0.29) is 23.6 Å². The molecule has 0 aliphatic heterocycles. The Labute approximate surface area is 152 Å². The molecule has 7 heteroatoms. The fraction of sp³-hybridized carbons (Fsp3) is 0.421. The van der Waals surface area contributed by atoms with Gasteiger partial charge in [0.15, 0.2) is 0 Å². The number of aromatic nitrogens is 1. The topological polar surface area (TPSA) is 94.6 Å². The number of amides is 1. The van der Waals surface area contributed by atoms with Crippen molar-refractivity contribution in [3.8, 4) is 0 Å². The number of nitrogens with two attached hydrogens (primary N) is 1. The Balaban J connectivity index is 2.56. The van der Waals surface area contributed by atoms with Gasteiger partial charge < -0.3 is 19.9 Å². The maximum atomic E-state index is 12.9. The van der Waals surface area contributed by atoms with Crippen LogP contribution in [0.2, 0.25) is 0 Å². The number of carbonyl (C=O) groups is 2. The molecule has 0 spiro atoms. The van der Waals surface area contributed by atoms with Crippen LogP contribution in [0.5, 0.6) is 0 Å². The Bertz CT molecular complexity index is 902. The molecule has 1 aromatic carbocycles. The average Bonchev–Trinajstić information content (AvgIpc) is 2.60. The van der Waals surface area contributed by atoms with Gasteiger partial charge in [-0.15, -0.1) is 0 Å². The van der Waals surface area contributed by atoms with Gasteiger partial charge in [0.1, 0.15) is 12.2 Å². The van der Waals surface area contributed by atoms with Crippen LogP contribution in [0, 0.1) is 0 Å². The van der Waals surface area contributed by atoms with E-state index in [2.05, 4.69) is 0 Å². The summed E-state index contributed by atoms with van der Waals surface area (Å²) < 4.78 is 6.84. The first-order valence-electron chi connectivity index (χ1n) is 8.65. The molecule has 0 fully saturated rings. The van der Waals surface area contributed by atoms with Gasteiger partial charge in [-0.05, 0) is 31.5 Å². The second-order valence-electron chi connectivity index (χ2n) is 6.05. The molecule has 0 saturated carbocycles. The lowest BCUT2D eigenvalue weighted by molar-refractivity contribution is -0.140. The van der Waals surface area contributed by atoms with Gasteiger partial charge in [-0.1, -0.05) is 6.92 Å². The lowest BCUT2D eigenvalue weighted by atomic mass is 10.0. The summed E-state index contributed by atoms with van der Waals surface area (Å²) in [5, 5.41) is 0.446. The van der Waals surface area contributed by atoms with Gasteiger partial charge in [-0.25, -0.2) is 0 Å². The molecule has 1 heterocycles. The minimum Gasteiger partial charge on any atom is -0.464 e. The van der Waals surface area contributed by atoms with E-state index in [1.165, 1.54) is 6.92 Å². The number of primary amides is 1. The van der Waals surface area contributed by atoms with Gasteiger partial charge in [0.05, 0.1) is 12.1 Å². The Morgan fingerprint density at radius 3 is 2.50 bits per heavy atom.